The molecule has 5 heteroatoms. The van der Waals surface area contributed by atoms with E-state index in [-0.39, 0.29) is 38.3 Å². The number of hydrogen-bond acceptors (Lipinski definition) is 2. The van der Waals surface area contributed by atoms with Crippen LogP contribution in [0.1, 0.15) is 17.3 Å². The Labute approximate surface area is 96.3 Å². The third-order valence-electron chi connectivity index (χ3n) is 1.54. The molecule has 2 nitrogen and oxygen atoms in total. The molecule has 0 atom stereocenters. The Morgan fingerprint density at radius 1 is 1.43 bits per heavy atom. The van der Waals surface area contributed by atoms with E-state index in [1.54, 1.807) is 0 Å². The fraction of sp³-hybridized carbons (Fsp3) is 0.222. The van der Waals surface area contributed by atoms with Crippen LogP contribution in [-0.4, -0.2) is 21.3 Å². The van der Waals surface area contributed by atoms with Gasteiger partial charge in [0.05, 0.1) is 12.7 Å². The standard InChI is InChI=1S/C9H9FO2.B.V/c1-6(11)8-5-7(10)3-4-9(8)12-2;;/h3-5H,1-2H3;;. The van der Waals surface area contributed by atoms with E-state index < -0.39 is 5.82 Å². The molecule has 0 bridgehead atoms. The van der Waals surface area contributed by atoms with Crippen molar-refractivity contribution in [2.24, 2.45) is 0 Å². The number of carbonyl (C=O) groups excluding carboxylic acids is 1. The van der Waals surface area contributed by atoms with Gasteiger partial charge in [-0.3, -0.25) is 4.79 Å². The van der Waals surface area contributed by atoms with Crippen molar-refractivity contribution in [3.05, 3.63) is 29.6 Å². The van der Waals surface area contributed by atoms with Gasteiger partial charge >= 0.3 is 0 Å². The summed E-state index contributed by atoms with van der Waals surface area (Å²) in [5.74, 6) is -0.226. The Bertz CT molecular complexity index is 318. The van der Waals surface area contributed by atoms with Crippen molar-refractivity contribution in [2.45, 2.75) is 6.92 Å². The van der Waals surface area contributed by atoms with Gasteiger partial charge in [0.2, 0.25) is 0 Å². The number of halogens is 1. The average Bonchev–Trinajstić information content (AvgIpc) is 2.04. The molecule has 1 aromatic rings. The number of methoxy groups -OCH3 is 1. The second-order valence-corrected chi connectivity index (χ2v) is 2.40. The second kappa shape index (κ2) is 6.68. The van der Waals surface area contributed by atoms with Gasteiger partial charge in [0.25, 0.3) is 0 Å². The third kappa shape index (κ3) is 3.56. The van der Waals surface area contributed by atoms with Crippen molar-refractivity contribution in [3.8, 4) is 5.75 Å². The minimum absolute atomic E-state index is 0. The van der Waals surface area contributed by atoms with Gasteiger partial charge in [0.15, 0.2) is 5.78 Å². The van der Waals surface area contributed by atoms with Gasteiger partial charge in [0, 0.05) is 27.0 Å². The van der Waals surface area contributed by atoms with Crippen molar-refractivity contribution in [3.63, 3.8) is 0 Å². The zero-order valence-corrected chi connectivity index (χ0v) is 9.35. The third-order valence-corrected chi connectivity index (χ3v) is 1.54. The maximum Gasteiger partial charge on any atom is 0.163 e. The van der Waals surface area contributed by atoms with Gasteiger partial charge in [-0.2, -0.15) is 0 Å². The minimum Gasteiger partial charge on any atom is -0.496 e. The van der Waals surface area contributed by atoms with Crippen molar-refractivity contribution in [1.82, 2.24) is 0 Å². The van der Waals surface area contributed by atoms with Crippen LogP contribution in [0.5, 0.6) is 5.75 Å². The molecule has 0 amide bonds. The van der Waals surface area contributed by atoms with Crippen LogP contribution in [0.3, 0.4) is 0 Å². The predicted molar refractivity (Wildman–Crippen MR) is 48.7 cm³/mol. The summed E-state index contributed by atoms with van der Waals surface area (Å²) in [6, 6.07) is 3.86. The van der Waals surface area contributed by atoms with Gasteiger partial charge in [-0.05, 0) is 25.1 Å². The fourth-order valence-corrected chi connectivity index (χ4v) is 0.955. The maximum atomic E-state index is 12.6. The van der Waals surface area contributed by atoms with Crippen molar-refractivity contribution < 1.29 is 32.5 Å². The molecule has 0 spiro atoms. The van der Waals surface area contributed by atoms with Crippen LogP contribution >= 0.6 is 0 Å². The van der Waals surface area contributed by atoms with Gasteiger partial charge in [0.1, 0.15) is 11.6 Å². The Kier molecular flexibility index (Phi) is 7.51. The van der Waals surface area contributed by atoms with E-state index in [0.717, 1.165) is 0 Å². The molecule has 72 valence electrons. The van der Waals surface area contributed by atoms with Crippen molar-refractivity contribution >= 4 is 14.2 Å². The van der Waals surface area contributed by atoms with E-state index in [2.05, 4.69) is 0 Å². The summed E-state index contributed by atoms with van der Waals surface area (Å²) in [7, 11) is 1.44. The molecule has 0 saturated carbocycles. The molecule has 14 heavy (non-hydrogen) atoms. The van der Waals surface area contributed by atoms with Crippen LogP contribution in [0, 0.1) is 5.82 Å². The summed E-state index contributed by atoms with van der Waals surface area (Å²) in [4.78, 5) is 10.9. The Hall–Kier alpha value is -0.731. The molecule has 0 unspecified atom stereocenters. The number of rotatable bonds is 2. The molecular weight excluding hydrogens is 221 g/mol. The molecule has 0 aliphatic carbocycles. The molecule has 0 N–H and O–H groups in total. The summed E-state index contributed by atoms with van der Waals surface area (Å²) in [6.45, 7) is 1.37. The van der Waals surface area contributed by atoms with Crippen LogP contribution in [-0.2, 0) is 18.6 Å². The largest absolute Gasteiger partial charge is 0.496 e. The van der Waals surface area contributed by atoms with E-state index in [1.807, 2.05) is 0 Å². The van der Waals surface area contributed by atoms with E-state index in [0.29, 0.717) is 5.75 Å². The quantitative estimate of drug-likeness (QED) is 0.570. The summed E-state index contributed by atoms with van der Waals surface area (Å²) in [5.41, 5.74) is 0.275. The van der Waals surface area contributed by atoms with Crippen LogP contribution in [0.4, 0.5) is 4.39 Å². The van der Waals surface area contributed by atoms with Gasteiger partial charge < -0.3 is 4.74 Å². The summed E-state index contributed by atoms with van der Waals surface area (Å²) in [5, 5.41) is 0. The first-order valence-corrected chi connectivity index (χ1v) is 3.49. The van der Waals surface area contributed by atoms with Crippen molar-refractivity contribution in [1.29, 1.82) is 0 Å². The van der Waals surface area contributed by atoms with E-state index in [9.17, 15) is 9.18 Å². The average molecular weight is 230 g/mol. The maximum absolute atomic E-state index is 12.6. The van der Waals surface area contributed by atoms with Crippen LogP contribution in [0.25, 0.3) is 0 Å². The first-order chi connectivity index (χ1) is 5.65. The molecule has 0 aromatic heterocycles. The first-order valence-electron chi connectivity index (χ1n) is 3.49. The zero-order chi connectivity index (χ0) is 9.14. The molecule has 0 heterocycles. The van der Waals surface area contributed by atoms with Gasteiger partial charge in [-0.25, -0.2) is 4.39 Å². The molecular formula is C9H9BFO2V. The summed E-state index contributed by atoms with van der Waals surface area (Å²) >= 11 is 0. The molecule has 0 aliphatic rings. The van der Waals surface area contributed by atoms with E-state index >= 15 is 0 Å². The first kappa shape index (κ1) is 15.7. The number of carbonyl (C=O) groups is 1. The number of ketones is 1. The molecule has 1 aromatic carbocycles. The Morgan fingerprint density at radius 3 is 2.43 bits per heavy atom. The topological polar surface area (TPSA) is 26.3 Å². The molecule has 0 aliphatic heterocycles. The van der Waals surface area contributed by atoms with Crippen LogP contribution < -0.4 is 4.74 Å². The zero-order valence-electron chi connectivity index (χ0n) is 7.95. The fourth-order valence-electron chi connectivity index (χ4n) is 0.955. The van der Waals surface area contributed by atoms with Crippen LogP contribution in [0.2, 0.25) is 0 Å². The number of ether oxygens (including phenoxy) is 1. The van der Waals surface area contributed by atoms with Crippen LogP contribution in [0.15, 0.2) is 18.2 Å². The molecule has 0 fully saturated rings. The monoisotopic (exact) mass is 230 g/mol. The van der Waals surface area contributed by atoms with E-state index in [1.165, 1.54) is 32.2 Å². The number of Topliss-reactive ketones (excluding diaryl/α,β-unsaturated/α-hetero) is 1. The SMILES string of the molecule is COc1ccc(F)cc1C(C)=O.[B].[V]. The predicted octanol–water partition coefficient (Wildman–Crippen LogP) is 1.65. The summed E-state index contributed by atoms with van der Waals surface area (Å²) < 4.78 is 17.5. The van der Waals surface area contributed by atoms with E-state index in [4.69, 9.17) is 4.74 Å². The molecule has 1 rings (SSSR count). The molecule has 4 radical (unpaired) electrons. The summed E-state index contributed by atoms with van der Waals surface area (Å²) in [6.07, 6.45) is 0. The van der Waals surface area contributed by atoms with Crippen molar-refractivity contribution in [2.75, 3.05) is 7.11 Å². The number of benzene rings is 1. The normalized spacial score (nSPS) is 8.21. The molecule has 0 saturated heterocycles. The minimum atomic E-state index is -0.430. The number of hydrogen-bond donors (Lipinski definition) is 0. The smallest absolute Gasteiger partial charge is 0.163 e. The Balaban J connectivity index is 0. The van der Waals surface area contributed by atoms with Gasteiger partial charge in [-0.1, -0.05) is 0 Å². The van der Waals surface area contributed by atoms with Gasteiger partial charge in [-0.15, -0.1) is 0 Å². The second-order valence-electron chi connectivity index (χ2n) is 2.40. The Morgan fingerprint density at radius 2 is 2.00 bits per heavy atom.